The topological polar surface area (TPSA) is 47.6 Å². The third kappa shape index (κ3) is 3.05. The summed E-state index contributed by atoms with van der Waals surface area (Å²) in [4.78, 5) is 0. The Morgan fingerprint density at radius 1 is 1.33 bits per heavy atom. The smallest absolute Gasteiger partial charge is 0.0997 e. The first-order valence-electron chi connectivity index (χ1n) is 5.72. The highest BCUT2D eigenvalue weighted by atomic mass is 79.9. The van der Waals surface area contributed by atoms with E-state index in [1.165, 1.54) is 0 Å². The molecule has 4 heteroatoms. The fraction of sp³-hybridized carbons (Fsp3) is 0.429. The molecule has 0 aliphatic rings. The lowest BCUT2D eigenvalue weighted by molar-refractivity contribution is 0.726. The third-order valence-corrected chi connectivity index (χ3v) is 4.18. The molecule has 0 saturated carbocycles. The summed E-state index contributed by atoms with van der Waals surface area (Å²) in [7, 11) is 0. The van der Waals surface area contributed by atoms with Gasteiger partial charge in [-0.2, -0.15) is 10.5 Å². The van der Waals surface area contributed by atoms with Crippen LogP contribution in [0.5, 0.6) is 0 Å². The number of nitrogens with zero attached hydrogens (tertiary/aromatic N) is 2. The van der Waals surface area contributed by atoms with Gasteiger partial charge in [-0.15, -0.1) is 11.6 Å². The number of rotatable bonds is 4. The Morgan fingerprint density at radius 2 is 2.00 bits per heavy atom. The summed E-state index contributed by atoms with van der Waals surface area (Å²) in [6.07, 6.45) is 1.52. The normalized spacial score (nSPS) is 11.7. The van der Waals surface area contributed by atoms with Crippen LogP contribution in [0.15, 0.2) is 10.5 Å². The van der Waals surface area contributed by atoms with Crippen molar-refractivity contribution in [3.05, 3.63) is 32.8 Å². The molecular weight excluding hydrogens is 312 g/mol. The fourth-order valence-electron chi connectivity index (χ4n) is 2.00. The largest absolute Gasteiger partial charge is 0.198 e. The Bertz CT molecular complexity index is 526. The van der Waals surface area contributed by atoms with Crippen LogP contribution in [0.25, 0.3) is 0 Å². The lowest BCUT2D eigenvalue weighted by atomic mass is 9.88. The maximum absolute atomic E-state index is 9.26. The third-order valence-electron chi connectivity index (χ3n) is 3.09. The fourth-order valence-corrected chi connectivity index (χ4v) is 2.60. The summed E-state index contributed by atoms with van der Waals surface area (Å²) in [5, 5.41) is 18.5. The molecular formula is C14H14BrClN2. The Balaban J connectivity index is 3.29. The van der Waals surface area contributed by atoms with Gasteiger partial charge in [0, 0.05) is 10.4 Å². The highest BCUT2D eigenvalue weighted by Gasteiger charge is 2.18. The Morgan fingerprint density at radius 3 is 2.50 bits per heavy atom. The van der Waals surface area contributed by atoms with Gasteiger partial charge in [0.25, 0.3) is 0 Å². The minimum absolute atomic E-state index is 0.201. The van der Waals surface area contributed by atoms with E-state index in [-0.39, 0.29) is 5.92 Å². The molecule has 94 valence electrons. The van der Waals surface area contributed by atoms with Crippen LogP contribution in [-0.2, 0) is 0 Å². The lowest BCUT2D eigenvalue weighted by Crippen LogP contribution is -2.03. The molecule has 0 amide bonds. The van der Waals surface area contributed by atoms with Gasteiger partial charge < -0.3 is 0 Å². The zero-order chi connectivity index (χ0) is 13.7. The van der Waals surface area contributed by atoms with E-state index in [4.69, 9.17) is 11.6 Å². The number of hydrogen-bond donors (Lipinski definition) is 0. The molecule has 1 aromatic rings. The van der Waals surface area contributed by atoms with Crippen molar-refractivity contribution in [1.29, 1.82) is 10.5 Å². The van der Waals surface area contributed by atoms with Crippen LogP contribution in [0.2, 0.25) is 0 Å². The van der Waals surface area contributed by atoms with E-state index in [0.717, 1.165) is 34.0 Å². The number of halogens is 2. The van der Waals surface area contributed by atoms with Gasteiger partial charge in [0.2, 0.25) is 0 Å². The highest BCUT2D eigenvalue weighted by molar-refractivity contribution is 9.10. The van der Waals surface area contributed by atoms with Gasteiger partial charge in [-0.05, 0) is 49.4 Å². The molecule has 0 bridgehead atoms. The molecule has 1 aromatic carbocycles. The zero-order valence-corrected chi connectivity index (χ0v) is 12.8. The standard InChI is InChI=1S/C14H14BrClN2/c1-9-12(11(7-17)4-3-5-16)6-14(15)10(2)13(9)8-18/h6,11H,3-5H2,1-2H3. The van der Waals surface area contributed by atoms with E-state index >= 15 is 0 Å². The van der Waals surface area contributed by atoms with Crippen LogP contribution in [-0.4, -0.2) is 5.88 Å². The second-order valence-corrected chi connectivity index (χ2v) is 5.43. The molecule has 1 rings (SSSR count). The van der Waals surface area contributed by atoms with Crippen LogP contribution in [0.4, 0.5) is 0 Å². The molecule has 0 fully saturated rings. The van der Waals surface area contributed by atoms with E-state index in [1.54, 1.807) is 0 Å². The van der Waals surface area contributed by atoms with Gasteiger partial charge in [0.1, 0.15) is 0 Å². The number of benzene rings is 1. The highest BCUT2D eigenvalue weighted by Crippen LogP contribution is 2.32. The Hall–Kier alpha value is -1.03. The molecule has 0 N–H and O–H groups in total. The summed E-state index contributed by atoms with van der Waals surface area (Å²) < 4.78 is 0.880. The van der Waals surface area contributed by atoms with Crippen LogP contribution in [0, 0.1) is 36.5 Å². The SMILES string of the molecule is Cc1c(Br)cc(C(C#N)CCCCl)c(C)c1C#N. The van der Waals surface area contributed by atoms with E-state index in [2.05, 4.69) is 28.1 Å². The van der Waals surface area contributed by atoms with Crippen LogP contribution < -0.4 is 0 Å². The average Bonchev–Trinajstić information content (AvgIpc) is 2.36. The van der Waals surface area contributed by atoms with Crippen molar-refractivity contribution >= 4 is 27.5 Å². The van der Waals surface area contributed by atoms with E-state index in [1.807, 2.05) is 19.9 Å². The maximum Gasteiger partial charge on any atom is 0.0997 e. The number of hydrogen-bond acceptors (Lipinski definition) is 2. The van der Waals surface area contributed by atoms with Crippen molar-refractivity contribution in [3.8, 4) is 12.1 Å². The van der Waals surface area contributed by atoms with Crippen molar-refractivity contribution in [1.82, 2.24) is 0 Å². The first kappa shape index (κ1) is 15.0. The molecule has 0 saturated heterocycles. The first-order chi connectivity index (χ1) is 8.56. The van der Waals surface area contributed by atoms with E-state index in [9.17, 15) is 10.5 Å². The second-order valence-electron chi connectivity index (χ2n) is 4.20. The van der Waals surface area contributed by atoms with Crippen LogP contribution in [0.3, 0.4) is 0 Å². The van der Waals surface area contributed by atoms with E-state index in [0.29, 0.717) is 11.4 Å². The maximum atomic E-state index is 9.26. The van der Waals surface area contributed by atoms with Crippen molar-refractivity contribution in [3.63, 3.8) is 0 Å². The molecule has 0 aromatic heterocycles. The van der Waals surface area contributed by atoms with Gasteiger partial charge in [0.05, 0.1) is 23.6 Å². The number of nitriles is 2. The second kappa shape index (κ2) is 6.78. The van der Waals surface area contributed by atoms with Crippen molar-refractivity contribution < 1.29 is 0 Å². The minimum Gasteiger partial charge on any atom is -0.198 e. The quantitative estimate of drug-likeness (QED) is 0.762. The first-order valence-corrected chi connectivity index (χ1v) is 7.04. The molecule has 0 aliphatic heterocycles. The molecule has 18 heavy (non-hydrogen) atoms. The predicted octanol–water partition coefficient (Wildman–Crippen LogP) is 4.56. The van der Waals surface area contributed by atoms with Gasteiger partial charge in [-0.3, -0.25) is 0 Å². The van der Waals surface area contributed by atoms with Crippen LogP contribution in [0.1, 0.15) is 41.0 Å². The molecule has 0 radical (unpaired) electrons. The average molecular weight is 326 g/mol. The number of alkyl halides is 1. The Kier molecular flexibility index (Phi) is 5.66. The van der Waals surface area contributed by atoms with Gasteiger partial charge in [0.15, 0.2) is 0 Å². The van der Waals surface area contributed by atoms with E-state index < -0.39 is 0 Å². The molecule has 2 nitrogen and oxygen atoms in total. The zero-order valence-electron chi connectivity index (χ0n) is 10.4. The summed E-state index contributed by atoms with van der Waals surface area (Å²) in [5.41, 5.74) is 3.41. The van der Waals surface area contributed by atoms with Crippen molar-refractivity contribution in [2.45, 2.75) is 32.6 Å². The minimum atomic E-state index is -0.201. The molecule has 1 atom stereocenters. The Labute approximate surface area is 121 Å². The van der Waals surface area contributed by atoms with Crippen molar-refractivity contribution in [2.75, 3.05) is 5.88 Å². The summed E-state index contributed by atoms with van der Waals surface area (Å²) in [6.45, 7) is 3.80. The predicted molar refractivity (Wildman–Crippen MR) is 76.6 cm³/mol. The van der Waals surface area contributed by atoms with Gasteiger partial charge >= 0.3 is 0 Å². The molecule has 0 aliphatic carbocycles. The molecule has 1 unspecified atom stereocenters. The van der Waals surface area contributed by atoms with Crippen molar-refractivity contribution in [2.24, 2.45) is 0 Å². The summed E-state index contributed by atoms with van der Waals surface area (Å²) in [5.74, 6) is 0.350. The molecule has 0 spiro atoms. The van der Waals surface area contributed by atoms with Gasteiger partial charge in [-0.1, -0.05) is 15.9 Å². The van der Waals surface area contributed by atoms with Gasteiger partial charge in [-0.25, -0.2) is 0 Å². The lowest BCUT2D eigenvalue weighted by Gasteiger charge is -2.15. The van der Waals surface area contributed by atoms with Crippen LogP contribution >= 0.6 is 27.5 Å². The monoisotopic (exact) mass is 324 g/mol. The molecule has 0 heterocycles. The summed E-state index contributed by atoms with van der Waals surface area (Å²) >= 11 is 9.12. The summed E-state index contributed by atoms with van der Waals surface area (Å²) in [6, 6.07) is 6.47.